The Kier molecular flexibility index (Phi) is 5.37. The summed E-state index contributed by atoms with van der Waals surface area (Å²) in [7, 11) is 1.71. The Morgan fingerprint density at radius 2 is 2.33 bits per heavy atom. The van der Waals surface area contributed by atoms with E-state index in [0.29, 0.717) is 31.9 Å². The van der Waals surface area contributed by atoms with Crippen LogP contribution in [0.2, 0.25) is 0 Å². The maximum Gasteiger partial charge on any atom is 0.322 e. The number of aromatic nitrogens is 2. The molecule has 0 radical (unpaired) electrons. The van der Waals surface area contributed by atoms with E-state index in [-0.39, 0.29) is 12.1 Å². The summed E-state index contributed by atoms with van der Waals surface area (Å²) < 4.78 is 13.9. The summed E-state index contributed by atoms with van der Waals surface area (Å²) in [4.78, 5) is 24.2. The van der Waals surface area contributed by atoms with Gasteiger partial charge in [-0.25, -0.2) is 19.2 Å². The predicted octanol–water partition coefficient (Wildman–Crippen LogP) is 2.61. The van der Waals surface area contributed by atoms with E-state index in [4.69, 9.17) is 0 Å². The minimum atomic E-state index is -0.859. The Labute approximate surface area is 144 Å². The third-order valence-electron chi connectivity index (χ3n) is 4.03. The van der Waals surface area contributed by atoms with Crippen molar-refractivity contribution in [2.45, 2.75) is 25.2 Å². The maximum atomic E-state index is 13.9. The number of carbonyl (C=O) groups is 1. The summed E-state index contributed by atoms with van der Waals surface area (Å²) in [6.07, 6.45) is 2.95. The van der Waals surface area contributed by atoms with Gasteiger partial charge in [0, 0.05) is 44.0 Å². The predicted molar refractivity (Wildman–Crippen MR) is 91.7 cm³/mol. The van der Waals surface area contributed by atoms with Crippen molar-refractivity contribution in [2.24, 2.45) is 0 Å². The summed E-state index contributed by atoms with van der Waals surface area (Å²) in [6, 6.07) is 5.07. The average molecular weight is 349 g/mol. The van der Waals surface area contributed by atoms with Gasteiger partial charge in [-0.05, 0) is 18.6 Å². The molecule has 2 aromatic heterocycles. The monoisotopic (exact) mass is 349 g/mol. The van der Waals surface area contributed by atoms with Crippen LogP contribution in [-0.4, -0.2) is 58.1 Å². The number of likely N-dealkylation sites (tertiary alicyclic amines) is 1. The zero-order valence-electron chi connectivity index (χ0n) is 13.4. The van der Waals surface area contributed by atoms with E-state index in [1.165, 1.54) is 0 Å². The van der Waals surface area contributed by atoms with Crippen molar-refractivity contribution < 1.29 is 9.18 Å². The highest BCUT2D eigenvalue weighted by Crippen LogP contribution is 2.24. The van der Waals surface area contributed by atoms with Gasteiger partial charge in [0.05, 0.1) is 6.54 Å². The first-order valence-corrected chi connectivity index (χ1v) is 8.69. The zero-order chi connectivity index (χ0) is 16.9. The molecule has 3 rings (SSSR count). The standard InChI is InChI=1S/C16H20FN5OS/c1-21(16(23)20-14-4-2-3-5-18-14)10-13-8-12(17)9-22(13)11-15-19-6-7-24-15/h2-7,12-13H,8-11H2,1H3,(H,18,20,23)/t12-,13-/m0/s1. The Bertz CT molecular complexity index is 654. The van der Waals surface area contributed by atoms with Crippen LogP contribution in [0.25, 0.3) is 0 Å². The normalized spacial score (nSPS) is 20.9. The lowest BCUT2D eigenvalue weighted by Crippen LogP contribution is -2.42. The molecule has 2 aromatic rings. The van der Waals surface area contributed by atoms with Crippen LogP contribution in [0.1, 0.15) is 11.4 Å². The highest BCUT2D eigenvalue weighted by atomic mass is 32.1. The lowest BCUT2D eigenvalue weighted by atomic mass is 10.2. The Balaban J connectivity index is 1.57. The molecule has 3 heterocycles. The number of hydrogen-bond donors (Lipinski definition) is 1. The number of halogens is 1. The summed E-state index contributed by atoms with van der Waals surface area (Å²) in [5.41, 5.74) is 0. The molecule has 0 unspecified atom stereocenters. The molecule has 6 nitrogen and oxygen atoms in total. The smallest absolute Gasteiger partial charge is 0.322 e. The minimum Gasteiger partial charge on any atom is -0.326 e. The van der Waals surface area contributed by atoms with Crippen molar-refractivity contribution in [3.05, 3.63) is 41.0 Å². The van der Waals surface area contributed by atoms with Crippen molar-refractivity contribution >= 4 is 23.2 Å². The van der Waals surface area contributed by atoms with Gasteiger partial charge in [0.15, 0.2) is 0 Å². The first kappa shape index (κ1) is 16.8. The lowest BCUT2D eigenvalue weighted by molar-refractivity contribution is 0.183. The van der Waals surface area contributed by atoms with Crippen LogP contribution in [0.15, 0.2) is 36.0 Å². The number of amides is 2. The van der Waals surface area contributed by atoms with Crippen LogP contribution in [0.3, 0.4) is 0 Å². The number of alkyl halides is 1. The van der Waals surface area contributed by atoms with E-state index in [9.17, 15) is 9.18 Å². The van der Waals surface area contributed by atoms with Gasteiger partial charge in [-0.15, -0.1) is 11.3 Å². The fourth-order valence-electron chi connectivity index (χ4n) is 2.85. The lowest BCUT2D eigenvalue weighted by Gasteiger charge is -2.27. The second-order valence-electron chi connectivity index (χ2n) is 5.87. The third kappa shape index (κ3) is 4.27. The van der Waals surface area contributed by atoms with Crippen LogP contribution in [0, 0.1) is 0 Å². The quantitative estimate of drug-likeness (QED) is 0.901. The van der Waals surface area contributed by atoms with Crippen LogP contribution in [0.5, 0.6) is 0 Å². The SMILES string of the molecule is CN(C[C@@H]1C[C@H](F)CN1Cc1nccs1)C(=O)Nc1ccccn1. The zero-order valence-corrected chi connectivity index (χ0v) is 14.2. The van der Waals surface area contributed by atoms with Gasteiger partial charge in [-0.2, -0.15) is 0 Å². The van der Waals surface area contributed by atoms with Gasteiger partial charge < -0.3 is 4.90 Å². The van der Waals surface area contributed by atoms with Crippen molar-refractivity contribution in [2.75, 3.05) is 25.5 Å². The molecule has 2 atom stereocenters. The number of thiazole rings is 1. The van der Waals surface area contributed by atoms with Crippen LogP contribution in [-0.2, 0) is 6.54 Å². The Morgan fingerprint density at radius 1 is 1.46 bits per heavy atom. The molecule has 0 aromatic carbocycles. The van der Waals surface area contributed by atoms with Gasteiger partial charge in [0.2, 0.25) is 0 Å². The van der Waals surface area contributed by atoms with Gasteiger partial charge in [0.1, 0.15) is 17.0 Å². The van der Waals surface area contributed by atoms with Crippen LogP contribution in [0.4, 0.5) is 15.0 Å². The molecule has 1 aliphatic rings. The van der Waals surface area contributed by atoms with E-state index in [1.54, 1.807) is 47.8 Å². The number of nitrogens with one attached hydrogen (secondary N) is 1. The number of nitrogens with zero attached hydrogens (tertiary/aromatic N) is 4. The molecule has 0 spiro atoms. The molecule has 1 saturated heterocycles. The van der Waals surface area contributed by atoms with Crippen molar-refractivity contribution in [3.63, 3.8) is 0 Å². The molecule has 0 bridgehead atoms. The summed E-state index contributed by atoms with van der Waals surface area (Å²) >= 11 is 1.56. The number of anilines is 1. The molecular formula is C16H20FN5OS. The van der Waals surface area contributed by atoms with Crippen LogP contribution >= 0.6 is 11.3 Å². The van der Waals surface area contributed by atoms with E-state index < -0.39 is 6.17 Å². The van der Waals surface area contributed by atoms with Crippen molar-refractivity contribution in [1.82, 2.24) is 19.8 Å². The minimum absolute atomic E-state index is 0.0108. The molecule has 24 heavy (non-hydrogen) atoms. The first-order chi connectivity index (χ1) is 11.6. The number of pyridine rings is 1. The molecule has 1 N–H and O–H groups in total. The van der Waals surface area contributed by atoms with E-state index in [2.05, 4.69) is 20.2 Å². The van der Waals surface area contributed by atoms with E-state index in [1.807, 2.05) is 11.4 Å². The van der Waals surface area contributed by atoms with Crippen LogP contribution < -0.4 is 5.32 Å². The molecule has 2 amide bonds. The third-order valence-corrected chi connectivity index (χ3v) is 4.79. The number of urea groups is 1. The maximum absolute atomic E-state index is 13.9. The molecule has 128 valence electrons. The molecule has 0 aliphatic carbocycles. The first-order valence-electron chi connectivity index (χ1n) is 7.81. The van der Waals surface area contributed by atoms with E-state index in [0.717, 1.165) is 5.01 Å². The fraction of sp³-hybridized carbons (Fsp3) is 0.438. The molecule has 0 saturated carbocycles. The summed E-state index contributed by atoms with van der Waals surface area (Å²) in [5.74, 6) is 0.504. The van der Waals surface area contributed by atoms with Gasteiger partial charge in [0.25, 0.3) is 0 Å². The average Bonchev–Trinajstić information content (AvgIpc) is 3.19. The van der Waals surface area contributed by atoms with Crippen molar-refractivity contribution in [3.8, 4) is 0 Å². The molecule has 8 heteroatoms. The fourth-order valence-corrected chi connectivity index (χ4v) is 3.49. The number of carbonyl (C=O) groups excluding carboxylic acids is 1. The largest absolute Gasteiger partial charge is 0.326 e. The molecular weight excluding hydrogens is 329 g/mol. The molecule has 1 aliphatic heterocycles. The number of hydrogen-bond acceptors (Lipinski definition) is 5. The van der Waals surface area contributed by atoms with Gasteiger partial charge in [-0.3, -0.25) is 10.2 Å². The van der Waals surface area contributed by atoms with E-state index >= 15 is 0 Å². The Morgan fingerprint density at radius 3 is 3.04 bits per heavy atom. The van der Waals surface area contributed by atoms with Crippen molar-refractivity contribution in [1.29, 1.82) is 0 Å². The highest BCUT2D eigenvalue weighted by Gasteiger charge is 2.33. The second-order valence-corrected chi connectivity index (χ2v) is 6.85. The topological polar surface area (TPSA) is 61.4 Å². The number of likely N-dealkylation sites (N-methyl/N-ethyl adjacent to an activating group) is 1. The molecule has 1 fully saturated rings. The van der Waals surface area contributed by atoms with Gasteiger partial charge >= 0.3 is 6.03 Å². The summed E-state index contributed by atoms with van der Waals surface area (Å²) in [6.45, 7) is 1.48. The highest BCUT2D eigenvalue weighted by molar-refractivity contribution is 7.09. The number of rotatable bonds is 5. The summed E-state index contributed by atoms with van der Waals surface area (Å²) in [5, 5.41) is 5.62. The van der Waals surface area contributed by atoms with Gasteiger partial charge in [-0.1, -0.05) is 6.07 Å². The Hall–Kier alpha value is -2.06. The second kappa shape index (κ2) is 7.67.